The van der Waals surface area contributed by atoms with Gasteiger partial charge in [0.15, 0.2) is 0 Å². The lowest BCUT2D eigenvalue weighted by molar-refractivity contribution is -0.122. The zero-order chi connectivity index (χ0) is 24.3. The molecule has 3 saturated heterocycles. The van der Waals surface area contributed by atoms with Crippen molar-refractivity contribution in [1.82, 2.24) is 14.7 Å². The number of likely N-dealkylation sites (tertiary alicyclic amines) is 2. The number of aryl methyl sites for hydroxylation is 2. The van der Waals surface area contributed by atoms with Gasteiger partial charge in [0.1, 0.15) is 5.60 Å². The number of amides is 3. The molecule has 3 fully saturated rings. The average molecular weight is 471 g/mol. The van der Waals surface area contributed by atoms with E-state index in [-0.39, 0.29) is 17.7 Å². The van der Waals surface area contributed by atoms with Crippen LogP contribution in [0.1, 0.15) is 63.0 Å². The van der Waals surface area contributed by atoms with Gasteiger partial charge in [-0.25, -0.2) is 9.59 Å². The molecule has 1 unspecified atom stereocenters. The molecule has 0 aliphatic carbocycles. The molecule has 7 nitrogen and oxygen atoms in total. The summed E-state index contributed by atoms with van der Waals surface area (Å²) >= 11 is 0. The molecule has 1 aromatic rings. The first kappa shape index (κ1) is 24.8. The third-order valence-corrected chi connectivity index (χ3v) is 8.37. The van der Waals surface area contributed by atoms with E-state index < -0.39 is 0 Å². The molecule has 0 bridgehead atoms. The Morgan fingerprint density at radius 2 is 1.76 bits per heavy atom. The highest BCUT2D eigenvalue weighted by molar-refractivity contribution is 5.91. The van der Waals surface area contributed by atoms with E-state index in [1.165, 1.54) is 12.8 Å². The van der Waals surface area contributed by atoms with Crippen LogP contribution in [-0.2, 0) is 4.74 Å². The number of nitrogens with zero attached hydrogens (tertiary/aromatic N) is 3. The van der Waals surface area contributed by atoms with Gasteiger partial charge in [-0.2, -0.15) is 0 Å². The van der Waals surface area contributed by atoms with Gasteiger partial charge in [-0.3, -0.25) is 4.90 Å². The van der Waals surface area contributed by atoms with Crippen molar-refractivity contribution in [3.8, 4) is 0 Å². The van der Waals surface area contributed by atoms with Gasteiger partial charge in [0, 0.05) is 70.3 Å². The molecule has 1 spiro atoms. The van der Waals surface area contributed by atoms with Crippen LogP contribution >= 0.6 is 0 Å². The second-order valence-corrected chi connectivity index (χ2v) is 10.6. The van der Waals surface area contributed by atoms with Crippen LogP contribution < -0.4 is 5.32 Å². The lowest BCUT2D eigenvalue weighted by Crippen LogP contribution is -2.60. The van der Waals surface area contributed by atoms with Gasteiger partial charge < -0.3 is 19.9 Å². The topological polar surface area (TPSA) is 65.1 Å². The van der Waals surface area contributed by atoms with E-state index in [9.17, 15) is 9.59 Å². The maximum Gasteiger partial charge on any atom is 0.410 e. The molecule has 0 aromatic heterocycles. The van der Waals surface area contributed by atoms with Gasteiger partial charge in [-0.1, -0.05) is 38.0 Å². The summed E-state index contributed by atoms with van der Waals surface area (Å²) in [5, 5.41) is 3.13. The van der Waals surface area contributed by atoms with Crippen LogP contribution in [0, 0.1) is 19.8 Å². The number of hydrogen-bond donors (Lipinski definition) is 1. The number of benzene rings is 1. The second kappa shape index (κ2) is 10.5. The van der Waals surface area contributed by atoms with Gasteiger partial charge in [-0.05, 0) is 44.2 Å². The number of anilines is 1. The molecule has 3 heterocycles. The highest BCUT2D eigenvalue weighted by Gasteiger charge is 2.49. The molecule has 1 N–H and O–H groups in total. The number of urea groups is 1. The van der Waals surface area contributed by atoms with E-state index in [1.54, 1.807) is 4.90 Å². The Morgan fingerprint density at radius 1 is 1.12 bits per heavy atom. The molecule has 34 heavy (non-hydrogen) atoms. The average Bonchev–Trinajstić information content (AvgIpc) is 2.83. The zero-order valence-electron chi connectivity index (χ0n) is 21.4. The number of carbonyl (C=O) groups is 2. The first-order valence-electron chi connectivity index (χ1n) is 13.1. The van der Waals surface area contributed by atoms with Crippen molar-refractivity contribution in [2.24, 2.45) is 5.92 Å². The lowest BCUT2D eigenvalue weighted by atomic mass is 9.75. The minimum Gasteiger partial charge on any atom is -0.442 e. The summed E-state index contributed by atoms with van der Waals surface area (Å²) in [4.78, 5) is 31.6. The molecule has 0 saturated carbocycles. The van der Waals surface area contributed by atoms with Crippen LogP contribution in [0.2, 0.25) is 0 Å². The van der Waals surface area contributed by atoms with Gasteiger partial charge in [-0.15, -0.1) is 0 Å². The van der Waals surface area contributed by atoms with Gasteiger partial charge in [0.05, 0.1) is 0 Å². The first-order chi connectivity index (χ1) is 16.3. The monoisotopic (exact) mass is 470 g/mol. The van der Waals surface area contributed by atoms with Crippen LogP contribution in [0.4, 0.5) is 15.3 Å². The Kier molecular flexibility index (Phi) is 7.70. The standard InChI is InChI=1S/C27H42N4O3/c1-5-6-10-22-19-29(4)26(33)34-27(22)13-17-30(18-14-27)23-11-15-31(16-12-23)25(32)28-24-20(2)8-7-9-21(24)3/h7-9,22-23H,5-6,10-19H2,1-4H3,(H,28,32). The van der Waals surface area contributed by atoms with Gasteiger partial charge in [0.25, 0.3) is 0 Å². The quantitative estimate of drug-likeness (QED) is 0.656. The number of ether oxygens (including phenoxy) is 1. The maximum atomic E-state index is 12.9. The largest absolute Gasteiger partial charge is 0.442 e. The van der Waals surface area contributed by atoms with E-state index in [4.69, 9.17) is 4.74 Å². The number of unbranched alkanes of at least 4 members (excludes halogenated alkanes) is 1. The predicted octanol–water partition coefficient (Wildman–Crippen LogP) is 5.02. The summed E-state index contributed by atoms with van der Waals surface area (Å²) in [5.74, 6) is 0.424. The minimum atomic E-state index is -0.290. The van der Waals surface area contributed by atoms with E-state index in [0.717, 1.165) is 81.6 Å². The third kappa shape index (κ3) is 5.19. The Labute approximate surface area is 204 Å². The number of piperidine rings is 2. The highest BCUT2D eigenvalue weighted by Crippen LogP contribution is 2.41. The van der Waals surface area contributed by atoms with Crippen molar-refractivity contribution in [3.63, 3.8) is 0 Å². The number of hydrogen-bond acceptors (Lipinski definition) is 4. The molecule has 7 heteroatoms. The van der Waals surface area contributed by atoms with Crippen molar-refractivity contribution in [1.29, 1.82) is 0 Å². The van der Waals surface area contributed by atoms with Crippen LogP contribution in [0.3, 0.4) is 0 Å². The number of rotatable bonds is 5. The molecule has 0 radical (unpaired) electrons. The van der Waals surface area contributed by atoms with Gasteiger partial charge >= 0.3 is 12.1 Å². The van der Waals surface area contributed by atoms with E-state index in [2.05, 4.69) is 17.1 Å². The fraction of sp³-hybridized carbons (Fsp3) is 0.704. The predicted molar refractivity (Wildman–Crippen MR) is 135 cm³/mol. The zero-order valence-corrected chi connectivity index (χ0v) is 21.4. The van der Waals surface area contributed by atoms with Crippen LogP contribution in [-0.4, -0.2) is 78.2 Å². The van der Waals surface area contributed by atoms with Crippen LogP contribution in [0.5, 0.6) is 0 Å². The maximum absolute atomic E-state index is 12.9. The summed E-state index contributed by atoms with van der Waals surface area (Å²) in [6, 6.07) is 6.59. The molecular formula is C27H42N4O3. The molecule has 1 atom stereocenters. The van der Waals surface area contributed by atoms with Crippen molar-refractivity contribution in [2.75, 3.05) is 45.1 Å². The minimum absolute atomic E-state index is 0.00505. The van der Waals surface area contributed by atoms with Crippen molar-refractivity contribution in [3.05, 3.63) is 29.3 Å². The molecule has 1 aromatic carbocycles. The Bertz CT molecular complexity index is 852. The van der Waals surface area contributed by atoms with E-state index in [1.807, 2.05) is 44.0 Å². The molecule has 3 aliphatic heterocycles. The van der Waals surface area contributed by atoms with E-state index >= 15 is 0 Å². The number of carbonyl (C=O) groups excluding carboxylic acids is 2. The summed E-state index contributed by atoms with van der Waals surface area (Å²) in [6.45, 7) is 10.6. The summed E-state index contributed by atoms with van der Waals surface area (Å²) in [6.07, 6.45) is 7.16. The Hall–Kier alpha value is -2.28. The first-order valence-corrected chi connectivity index (χ1v) is 13.1. The van der Waals surface area contributed by atoms with E-state index in [0.29, 0.717) is 12.0 Å². The summed E-state index contributed by atoms with van der Waals surface area (Å²) in [7, 11) is 1.85. The van der Waals surface area contributed by atoms with Crippen molar-refractivity contribution in [2.45, 2.75) is 77.4 Å². The van der Waals surface area contributed by atoms with Crippen LogP contribution in [0.25, 0.3) is 0 Å². The second-order valence-electron chi connectivity index (χ2n) is 10.6. The summed E-state index contributed by atoms with van der Waals surface area (Å²) < 4.78 is 6.10. The number of para-hydroxylation sites is 1. The smallest absolute Gasteiger partial charge is 0.410 e. The van der Waals surface area contributed by atoms with Crippen molar-refractivity contribution < 1.29 is 14.3 Å². The summed E-state index contributed by atoms with van der Waals surface area (Å²) in [5.41, 5.74) is 2.83. The normalized spacial score (nSPS) is 23.8. The number of nitrogens with one attached hydrogen (secondary N) is 1. The third-order valence-electron chi connectivity index (χ3n) is 8.37. The highest BCUT2D eigenvalue weighted by atomic mass is 16.6. The molecule has 188 valence electrons. The van der Waals surface area contributed by atoms with Gasteiger partial charge in [0.2, 0.25) is 0 Å². The lowest BCUT2D eigenvalue weighted by Gasteiger charge is -2.51. The Balaban J connectivity index is 1.29. The fourth-order valence-electron chi connectivity index (χ4n) is 6.12. The van der Waals surface area contributed by atoms with Crippen molar-refractivity contribution >= 4 is 17.8 Å². The Morgan fingerprint density at radius 3 is 2.38 bits per heavy atom. The molecule has 4 rings (SSSR count). The SMILES string of the molecule is CCCCC1CN(C)C(=O)OC12CCN(C1CCN(C(=O)Nc3c(C)cccc3C)CC1)CC2. The fourth-order valence-corrected chi connectivity index (χ4v) is 6.12. The molecule has 3 amide bonds. The molecular weight excluding hydrogens is 428 g/mol. The van der Waals surface area contributed by atoms with Crippen LogP contribution in [0.15, 0.2) is 18.2 Å². The molecule has 3 aliphatic rings.